The summed E-state index contributed by atoms with van der Waals surface area (Å²) in [6.45, 7) is 0. The highest BCUT2D eigenvalue weighted by atomic mass is 19.1. The standard InChI is InChI=1S/C37H22FN3/c38-30-14-10-29(11-15-30)37-40-33(25-6-4-23(5-7-25)24-18-20-39-21-19-24)22-34(41-37)31-16-12-28-9-8-26-2-1-3-27-13-17-32(31)36(28)35(26)27/h1-22H. The molecule has 2 aromatic heterocycles. The van der Waals surface area contributed by atoms with E-state index in [1.165, 1.54) is 39.1 Å². The number of rotatable bonds is 4. The predicted molar refractivity (Wildman–Crippen MR) is 165 cm³/mol. The number of pyridine rings is 1. The van der Waals surface area contributed by atoms with Crippen LogP contribution in [0.25, 0.3) is 77.3 Å². The summed E-state index contributed by atoms with van der Waals surface area (Å²) in [6, 6.07) is 40.3. The smallest absolute Gasteiger partial charge is 0.160 e. The second kappa shape index (κ2) is 9.32. The first-order chi connectivity index (χ1) is 20.2. The van der Waals surface area contributed by atoms with Crippen molar-refractivity contribution in [2.24, 2.45) is 0 Å². The van der Waals surface area contributed by atoms with Crippen LogP contribution >= 0.6 is 0 Å². The van der Waals surface area contributed by atoms with Crippen LogP contribution in [-0.2, 0) is 0 Å². The molecule has 2 heterocycles. The van der Waals surface area contributed by atoms with Crippen LogP contribution in [0.15, 0.2) is 134 Å². The lowest BCUT2D eigenvalue weighted by Crippen LogP contribution is -1.97. The largest absolute Gasteiger partial charge is 0.265 e. The lowest BCUT2D eigenvalue weighted by Gasteiger charge is -2.15. The van der Waals surface area contributed by atoms with Gasteiger partial charge in [-0.1, -0.05) is 78.9 Å². The van der Waals surface area contributed by atoms with Crippen molar-refractivity contribution in [2.45, 2.75) is 0 Å². The molecule has 4 heteroatoms. The molecule has 0 atom stereocenters. The first-order valence-electron chi connectivity index (χ1n) is 13.5. The average Bonchev–Trinajstić information content (AvgIpc) is 3.04. The van der Waals surface area contributed by atoms with Gasteiger partial charge >= 0.3 is 0 Å². The summed E-state index contributed by atoms with van der Waals surface area (Å²) in [4.78, 5) is 14.1. The summed E-state index contributed by atoms with van der Waals surface area (Å²) in [7, 11) is 0. The Bertz CT molecular complexity index is 2170. The molecule has 0 saturated heterocycles. The zero-order valence-corrected chi connectivity index (χ0v) is 21.9. The van der Waals surface area contributed by atoms with Gasteiger partial charge in [0.15, 0.2) is 5.82 Å². The molecular weight excluding hydrogens is 505 g/mol. The van der Waals surface area contributed by atoms with E-state index in [0.29, 0.717) is 5.82 Å². The Labute approximate surface area is 236 Å². The molecule has 0 radical (unpaired) electrons. The van der Waals surface area contributed by atoms with Crippen LogP contribution in [0.3, 0.4) is 0 Å². The minimum Gasteiger partial charge on any atom is -0.265 e. The molecular formula is C37H22FN3. The van der Waals surface area contributed by atoms with Crippen molar-refractivity contribution in [3.8, 4) is 45.0 Å². The molecule has 6 aromatic carbocycles. The molecule has 0 spiro atoms. The van der Waals surface area contributed by atoms with E-state index in [1.54, 1.807) is 24.5 Å². The fourth-order valence-corrected chi connectivity index (χ4v) is 5.80. The van der Waals surface area contributed by atoms with Gasteiger partial charge in [-0.2, -0.15) is 0 Å². The van der Waals surface area contributed by atoms with Crippen LogP contribution < -0.4 is 0 Å². The normalized spacial score (nSPS) is 11.5. The number of aromatic nitrogens is 3. The molecule has 8 rings (SSSR count). The van der Waals surface area contributed by atoms with E-state index in [4.69, 9.17) is 9.97 Å². The fraction of sp³-hybridized carbons (Fsp3) is 0. The number of hydrogen-bond donors (Lipinski definition) is 0. The molecule has 3 nitrogen and oxygen atoms in total. The Hall–Kier alpha value is -5.48. The Kier molecular flexibility index (Phi) is 5.32. The van der Waals surface area contributed by atoms with Crippen LogP contribution in [0.2, 0.25) is 0 Å². The summed E-state index contributed by atoms with van der Waals surface area (Å²) < 4.78 is 13.8. The Morgan fingerprint density at radius 1 is 0.463 bits per heavy atom. The fourth-order valence-electron chi connectivity index (χ4n) is 5.80. The molecule has 0 aliphatic carbocycles. The highest BCUT2D eigenvalue weighted by Crippen LogP contribution is 2.40. The quantitative estimate of drug-likeness (QED) is 0.214. The van der Waals surface area contributed by atoms with E-state index in [1.807, 2.05) is 12.1 Å². The Morgan fingerprint density at radius 3 is 1.80 bits per heavy atom. The van der Waals surface area contributed by atoms with Crippen molar-refractivity contribution in [1.29, 1.82) is 0 Å². The van der Waals surface area contributed by atoms with E-state index in [9.17, 15) is 4.39 Å². The molecule has 0 unspecified atom stereocenters. The second-order valence-electron chi connectivity index (χ2n) is 10.3. The highest BCUT2D eigenvalue weighted by molar-refractivity contribution is 6.25. The van der Waals surface area contributed by atoms with Crippen LogP contribution in [0.1, 0.15) is 0 Å². The lowest BCUT2D eigenvalue weighted by atomic mass is 9.91. The summed E-state index contributed by atoms with van der Waals surface area (Å²) >= 11 is 0. The van der Waals surface area contributed by atoms with Gasteiger partial charge in [0.25, 0.3) is 0 Å². The van der Waals surface area contributed by atoms with Crippen molar-refractivity contribution in [1.82, 2.24) is 15.0 Å². The van der Waals surface area contributed by atoms with Gasteiger partial charge in [0.1, 0.15) is 5.82 Å². The van der Waals surface area contributed by atoms with Crippen molar-refractivity contribution in [3.63, 3.8) is 0 Å². The molecule has 41 heavy (non-hydrogen) atoms. The molecule has 0 N–H and O–H groups in total. The number of nitrogens with zero attached hydrogens (tertiary/aromatic N) is 3. The molecule has 0 aliphatic rings. The van der Waals surface area contributed by atoms with Gasteiger partial charge in [-0.15, -0.1) is 0 Å². The van der Waals surface area contributed by atoms with E-state index in [0.717, 1.165) is 44.6 Å². The van der Waals surface area contributed by atoms with E-state index in [2.05, 4.69) is 89.9 Å². The zero-order valence-electron chi connectivity index (χ0n) is 21.9. The number of benzene rings is 6. The number of halogens is 1. The lowest BCUT2D eigenvalue weighted by molar-refractivity contribution is 0.628. The summed E-state index contributed by atoms with van der Waals surface area (Å²) in [6.07, 6.45) is 3.59. The van der Waals surface area contributed by atoms with Crippen molar-refractivity contribution >= 4 is 32.3 Å². The van der Waals surface area contributed by atoms with Crippen LogP contribution in [0, 0.1) is 5.82 Å². The topological polar surface area (TPSA) is 38.7 Å². The minimum absolute atomic E-state index is 0.288. The Morgan fingerprint density at radius 2 is 1.05 bits per heavy atom. The zero-order chi connectivity index (χ0) is 27.3. The first-order valence-corrected chi connectivity index (χ1v) is 13.5. The van der Waals surface area contributed by atoms with Gasteiger partial charge in [-0.3, -0.25) is 4.98 Å². The van der Waals surface area contributed by atoms with Gasteiger partial charge in [-0.05, 0) is 85.9 Å². The Balaban J connectivity index is 1.34. The van der Waals surface area contributed by atoms with Gasteiger partial charge in [0, 0.05) is 29.1 Å². The molecule has 0 fully saturated rings. The SMILES string of the molecule is Fc1ccc(-c2nc(-c3ccc(-c4ccncc4)cc3)cc(-c3ccc4ccc5cccc6ccc3c4c56)n2)cc1. The molecule has 0 bridgehead atoms. The second-order valence-corrected chi connectivity index (χ2v) is 10.3. The minimum atomic E-state index is -0.288. The van der Waals surface area contributed by atoms with Gasteiger partial charge < -0.3 is 0 Å². The summed E-state index contributed by atoms with van der Waals surface area (Å²) in [5, 5.41) is 7.31. The molecule has 0 aliphatic heterocycles. The highest BCUT2D eigenvalue weighted by Gasteiger charge is 2.16. The third kappa shape index (κ3) is 4.00. The van der Waals surface area contributed by atoms with E-state index in [-0.39, 0.29) is 5.82 Å². The molecule has 0 amide bonds. The maximum atomic E-state index is 13.8. The maximum Gasteiger partial charge on any atom is 0.160 e. The van der Waals surface area contributed by atoms with Gasteiger partial charge in [0.05, 0.1) is 11.4 Å². The third-order valence-corrected chi connectivity index (χ3v) is 7.83. The van der Waals surface area contributed by atoms with Crippen molar-refractivity contribution < 1.29 is 4.39 Å². The molecule has 192 valence electrons. The average molecular weight is 528 g/mol. The monoisotopic (exact) mass is 527 g/mol. The molecule has 0 saturated carbocycles. The van der Waals surface area contributed by atoms with E-state index >= 15 is 0 Å². The van der Waals surface area contributed by atoms with Crippen molar-refractivity contribution in [2.75, 3.05) is 0 Å². The van der Waals surface area contributed by atoms with Crippen LogP contribution in [-0.4, -0.2) is 15.0 Å². The van der Waals surface area contributed by atoms with E-state index < -0.39 is 0 Å². The maximum absolute atomic E-state index is 13.8. The first kappa shape index (κ1) is 23.4. The van der Waals surface area contributed by atoms with Crippen LogP contribution in [0.4, 0.5) is 4.39 Å². The summed E-state index contributed by atoms with van der Waals surface area (Å²) in [5.41, 5.74) is 6.63. The number of hydrogen-bond acceptors (Lipinski definition) is 3. The third-order valence-electron chi connectivity index (χ3n) is 7.83. The summed E-state index contributed by atoms with van der Waals surface area (Å²) in [5.74, 6) is 0.269. The van der Waals surface area contributed by atoms with Crippen molar-refractivity contribution in [3.05, 3.63) is 140 Å². The van der Waals surface area contributed by atoms with Crippen LogP contribution in [0.5, 0.6) is 0 Å². The molecule has 8 aromatic rings. The van der Waals surface area contributed by atoms with Gasteiger partial charge in [-0.25, -0.2) is 14.4 Å². The predicted octanol–water partition coefficient (Wildman–Crippen LogP) is 9.58. The van der Waals surface area contributed by atoms with Gasteiger partial charge in [0.2, 0.25) is 0 Å².